The Morgan fingerprint density at radius 2 is 1.52 bits per heavy atom. The smallest absolute Gasteiger partial charge is 0.179 e. The molecule has 110 valence electrons. The van der Waals surface area contributed by atoms with Gasteiger partial charge in [0.25, 0.3) is 0 Å². The van der Waals surface area contributed by atoms with E-state index < -0.39 is 0 Å². The first-order valence-electron chi connectivity index (χ1n) is 7.63. The average Bonchev–Trinajstić information content (AvgIpc) is 2.56. The van der Waals surface area contributed by atoms with Crippen LogP contribution < -0.4 is 0 Å². The van der Waals surface area contributed by atoms with Gasteiger partial charge >= 0.3 is 0 Å². The molecule has 0 aliphatic carbocycles. The van der Waals surface area contributed by atoms with Crippen LogP contribution in [0.15, 0.2) is 60.7 Å². The van der Waals surface area contributed by atoms with Crippen molar-refractivity contribution in [1.82, 2.24) is 4.90 Å². The highest BCUT2D eigenvalue weighted by Gasteiger charge is 2.24. The van der Waals surface area contributed by atoms with E-state index in [1.807, 2.05) is 48.5 Å². The highest BCUT2D eigenvalue weighted by Crippen LogP contribution is 2.15. The Labute approximate surface area is 127 Å². The fraction of sp³-hybridized carbons (Fsp3) is 0.316. The number of hydrogen-bond donors (Lipinski definition) is 0. The zero-order valence-corrected chi connectivity index (χ0v) is 12.8. The summed E-state index contributed by atoms with van der Waals surface area (Å²) in [7, 11) is 0. The summed E-state index contributed by atoms with van der Waals surface area (Å²) in [5, 5.41) is 0. The Hall–Kier alpha value is -1.93. The largest absolute Gasteiger partial charge is 0.292 e. The summed E-state index contributed by atoms with van der Waals surface area (Å²) in [6.07, 6.45) is 0.828. The number of carbonyl (C=O) groups excluding carboxylic acids is 1. The fourth-order valence-electron chi connectivity index (χ4n) is 2.66. The lowest BCUT2D eigenvalue weighted by molar-refractivity contribution is 0.0807. The zero-order valence-electron chi connectivity index (χ0n) is 12.8. The van der Waals surface area contributed by atoms with E-state index in [2.05, 4.69) is 30.9 Å². The van der Waals surface area contributed by atoms with Crippen LogP contribution in [0.2, 0.25) is 0 Å². The number of benzene rings is 2. The standard InChI is InChI=1S/C19H23NO/c1-3-18(19(21)17-13-9-6-10-14-17)20(4-2)15-16-11-7-5-8-12-16/h5-14,18H,3-4,15H2,1-2H3. The van der Waals surface area contributed by atoms with Crippen LogP contribution in [-0.2, 0) is 6.54 Å². The second-order valence-electron chi connectivity index (χ2n) is 5.20. The molecule has 2 aromatic rings. The summed E-state index contributed by atoms with van der Waals surface area (Å²) in [4.78, 5) is 15.0. The molecule has 2 nitrogen and oxygen atoms in total. The predicted octanol–water partition coefficient (Wildman–Crippen LogP) is 4.17. The number of rotatable bonds is 7. The first-order valence-corrected chi connectivity index (χ1v) is 7.63. The molecule has 0 aromatic heterocycles. The van der Waals surface area contributed by atoms with Gasteiger partial charge in [0.1, 0.15) is 0 Å². The summed E-state index contributed by atoms with van der Waals surface area (Å²) >= 11 is 0. The molecule has 0 spiro atoms. The van der Waals surface area contributed by atoms with E-state index in [9.17, 15) is 4.79 Å². The third kappa shape index (κ3) is 4.02. The third-order valence-electron chi connectivity index (χ3n) is 3.82. The van der Waals surface area contributed by atoms with Gasteiger partial charge in [-0.15, -0.1) is 0 Å². The summed E-state index contributed by atoms with van der Waals surface area (Å²) in [6.45, 7) is 5.88. The topological polar surface area (TPSA) is 20.3 Å². The predicted molar refractivity (Wildman–Crippen MR) is 87.4 cm³/mol. The van der Waals surface area contributed by atoms with Gasteiger partial charge in [-0.05, 0) is 18.5 Å². The van der Waals surface area contributed by atoms with Gasteiger partial charge in [-0.1, -0.05) is 74.5 Å². The van der Waals surface area contributed by atoms with Crippen molar-refractivity contribution in [3.05, 3.63) is 71.8 Å². The van der Waals surface area contributed by atoms with Crippen LogP contribution in [-0.4, -0.2) is 23.3 Å². The van der Waals surface area contributed by atoms with Crippen molar-refractivity contribution in [3.8, 4) is 0 Å². The molecule has 0 saturated heterocycles. The molecular weight excluding hydrogens is 258 g/mol. The molecule has 0 radical (unpaired) electrons. The molecule has 2 heteroatoms. The minimum Gasteiger partial charge on any atom is -0.292 e. The van der Waals surface area contributed by atoms with Crippen molar-refractivity contribution < 1.29 is 4.79 Å². The average molecular weight is 281 g/mol. The minimum absolute atomic E-state index is 0.0578. The summed E-state index contributed by atoms with van der Waals surface area (Å²) in [6, 6.07) is 19.9. The van der Waals surface area contributed by atoms with Crippen molar-refractivity contribution in [2.24, 2.45) is 0 Å². The highest BCUT2D eigenvalue weighted by atomic mass is 16.1. The van der Waals surface area contributed by atoms with Crippen molar-refractivity contribution in [2.75, 3.05) is 6.54 Å². The molecule has 2 rings (SSSR count). The highest BCUT2D eigenvalue weighted by molar-refractivity contribution is 6.00. The van der Waals surface area contributed by atoms with E-state index in [1.165, 1.54) is 5.56 Å². The van der Waals surface area contributed by atoms with Gasteiger partial charge in [-0.2, -0.15) is 0 Å². The van der Waals surface area contributed by atoms with Gasteiger partial charge in [0.15, 0.2) is 5.78 Å². The van der Waals surface area contributed by atoms with Gasteiger partial charge in [-0.3, -0.25) is 9.69 Å². The Morgan fingerprint density at radius 1 is 0.952 bits per heavy atom. The number of carbonyl (C=O) groups is 1. The monoisotopic (exact) mass is 281 g/mol. The molecule has 1 atom stereocenters. The van der Waals surface area contributed by atoms with E-state index in [0.717, 1.165) is 25.1 Å². The van der Waals surface area contributed by atoms with Crippen LogP contribution in [0.4, 0.5) is 0 Å². The Bertz CT molecular complexity index is 550. The second kappa shape index (κ2) is 7.75. The molecule has 2 aromatic carbocycles. The van der Waals surface area contributed by atoms with Crippen molar-refractivity contribution in [2.45, 2.75) is 32.9 Å². The van der Waals surface area contributed by atoms with Crippen LogP contribution in [0.5, 0.6) is 0 Å². The molecule has 0 bridgehead atoms. The van der Waals surface area contributed by atoms with Crippen molar-refractivity contribution in [1.29, 1.82) is 0 Å². The molecule has 0 saturated carbocycles. The number of nitrogens with zero attached hydrogens (tertiary/aromatic N) is 1. The second-order valence-corrected chi connectivity index (χ2v) is 5.20. The van der Waals surface area contributed by atoms with Gasteiger partial charge < -0.3 is 0 Å². The normalized spacial score (nSPS) is 12.3. The van der Waals surface area contributed by atoms with Crippen LogP contribution in [0, 0.1) is 0 Å². The Balaban J connectivity index is 2.16. The summed E-state index contributed by atoms with van der Waals surface area (Å²) < 4.78 is 0. The first-order chi connectivity index (χ1) is 10.3. The number of Topliss-reactive ketones (excluding diaryl/α,β-unsaturated/α-hetero) is 1. The Morgan fingerprint density at radius 3 is 2.05 bits per heavy atom. The number of ketones is 1. The molecule has 21 heavy (non-hydrogen) atoms. The van der Waals surface area contributed by atoms with Gasteiger partial charge in [-0.25, -0.2) is 0 Å². The summed E-state index contributed by atoms with van der Waals surface area (Å²) in [5.74, 6) is 0.218. The lowest BCUT2D eigenvalue weighted by Gasteiger charge is -2.29. The molecule has 0 fully saturated rings. The molecular formula is C19H23NO. The maximum atomic E-state index is 12.7. The van der Waals surface area contributed by atoms with Crippen LogP contribution in [0.1, 0.15) is 36.2 Å². The van der Waals surface area contributed by atoms with Gasteiger partial charge in [0.2, 0.25) is 0 Å². The van der Waals surface area contributed by atoms with E-state index >= 15 is 0 Å². The van der Waals surface area contributed by atoms with Gasteiger partial charge in [0, 0.05) is 12.1 Å². The van der Waals surface area contributed by atoms with E-state index in [1.54, 1.807) is 0 Å². The lowest BCUT2D eigenvalue weighted by Crippen LogP contribution is -2.40. The number of hydrogen-bond acceptors (Lipinski definition) is 2. The van der Waals surface area contributed by atoms with Gasteiger partial charge in [0.05, 0.1) is 6.04 Å². The van der Waals surface area contributed by atoms with E-state index in [4.69, 9.17) is 0 Å². The molecule has 0 N–H and O–H groups in total. The molecule has 0 aliphatic rings. The fourth-order valence-corrected chi connectivity index (χ4v) is 2.66. The summed E-state index contributed by atoms with van der Waals surface area (Å²) in [5.41, 5.74) is 2.05. The maximum Gasteiger partial charge on any atom is 0.179 e. The van der Waals surface area contributed by atoms with E-state index in [-0.39, 0.29) is 11.8 Å². The first kappa shape index (κ1) is 15.5. The third-order valence-corrected chi connectivity index (χ3v) is 3.82. The van der Waals surface area contributed by atoms with Crippen molar-refractivity contribution in [3.63, 3.8) is 0 Å². The SMILES string of the molecule is CCC(C(=O)c1ccccc1)N(CC)Cc1ccccc1. The minimum atomic E-state index is -0.0578. The van der Waals surface area contributed by atoms with Crippen molar-refractivity contribution >= 4 is 5.78 Å². The number of likely N-dealkylation sites (N-methyl/N-ethyl adjacent to an activating group) is 1. The lowest BCUT2D eigenvalue weighted by atomic mass is 10.00. The van der Waals surface area contributed by atoms with Crippen LogP contribution in [0.3, 0.4) is 0 Å². The molecule has 0 aliphatic heterocycles. The molecule has 0 amide bonds. The van der Waals surface area contributed by atoms with Crippen LogP contribution in [0.25, 0.3) is 0 Å². The maximum absolute atomic E-state index is 12.7. The molecule has 1 unspecified atom stereocenters. The van der Waals surface area contributed by atoms with Crippen LogP contribution >= 0.6 is 0 Å². The van der Waals surface area contributed by atoms with E-state index in [0.29, 0.717) is 0 Å². The zero-order chi connectivity index (χ0) is 15.1. The quantitative estimate of drug-likeness (QED) is 0.710. The Kier molecular flexibility index (Phi) is 5.70. The molecule has 0 heterocycles.